The van der Waals surface area contributed by atoms with Gasteiger partial charge in [0, 0.05) is 23.6 Å². The highest BCUT2D eigenvalue weighted by Crippen LogP contribution is 2.28. The normalized spacial score (nSPS) is 11.4. The van der Waals surface area contributed by atoms with E-state index >= 15 is 0 Å². The number of amides is 2. The summed E-state index contributed by atoms with van der Waals surface area (Å²) in [6, 6.07) is 20.5. The molecule has 4 aromatic rings. The molecule has 10 heteroatoms. The smallest absolute Gasteiger partial charge is 0.251 e. The van der Waals surface area contributed by atoms with E-state index in [0.717, 1.165) is 17.0 Å². The molecule has 1 atom stereocenters. The standard InChI is InChI=1S/C31H31FN4O4S/c1-20-16-21(2)34-31(33-20)41-19-28(37)36(18-22-8-12-26(39-3)13-9-22)29(23-6-5-7-24(32)17-23)30(38)35-25-10-14-27(40-4)15-11-25/h5-17,29H,18-19H2,1-4H3,(H,35,38). The highest BCUT2D eigenvalue weighted by atomic mass is 32.2. The predicted molar refractivity (Wildman–Crippen MR) is 157 cm³/mol. The number of carbonyl (C=O) groups excluding carboxylic acids is 2. The van der Waals surface area contributed by atoms with Crippen LogP contribution in [0.5, 0.6) is 11.5 Å². The number of aryl methyl sites for hydroxylation is 2. The molecule has 1 heterocycles. The van der Waals surface area contributed by atoms with E-state index in [1.165, 1.54) is 34.9 Å². The fraction of sp³-hybridized carbons (Fsp3) is 0.226. The zero-order valence-electron chi connectivity index (χ0n) is 23.3. The second-order valence-electron chi connectivity index (χ2n) is 9.27. The third-order valence-corrected chi connectivity index (χ3v) is 7.03. The number of hydrogen-bond donors (Lipinski definition) is 1. The highest BCUT2D eigenvalue weighted by Gasteiger charge is 2.32. The quantitative estimate of drug-likeness (QED) is 0.180. The first-order chi connectivity index (χ1) is 19.7. The number of nitrogens with zero attached hydrogens (tertiary/aromatic N) is 3. The number of benzene rings is 3. The monoisotopic (exact) mass is 574 g/mol. The SMILES string of the molecule is COc1ccc(CN(C(=O)CSc2nc(C)cc(C)n2)C(C(=O)Nc2ccc(OC)cc2)c2cccc(F)c2)cc1. The van der Waals surface area contributed by atoms with E-state index in [-0.39, 0.29) is 18.2 Å². The van der Waals surface area contributed by atoms with Crippen molar-refractivity contribution >= 4 is 29.3 Å². The van der Waals surface area contributed by atoms with E-state index in [9.17, 15) is 14.0 Å². The van der Waals surface area contributed by atoms with Crippen LogP contribution < -0.4 is 14.8 Å². The molecule has 4 rings (SSSR count). The minimum Gasteiger partial charge on any atom is -0.497 e. The van der Waals surface area contributed by atoms with Crippen molar-refractivity contribution in [2.24, 2.45) is 0 Å². The van der Waals surface area contributed by atoms with Crippen LogP contribution in [0, 0.1) is 19.7 Å². The van der Waals surface area contributed by atoms with Crippen LogP contribution >= 0.6 is 11.8 Å². The van der Waals surface area contributed by atoms with Crippen molar-refractivity contribution in [3.63, 3.8) is 0 Å². The van der Waals surface area contributed by atoms with Gasteiger partial charge >= 0.3 is 0 Å². The molecule has 3 aromatic carbocycles. The number of rotatable bonds is 11. The fourth-order valence-corrected chi connectivity index (χ4v) is 5.09. The number of halogens is 1. The lowest BCUT2D eigenvalue weighted by atomic mass is 10.0. The van der Waals surface area contributed by atoms with E-state index in [1.807, 2.05) is 32.0 Å². The van der Waals surface area contributed by atoms with Crippen molar-refractivity contribution in [3.8, 4) is 11.5 Å². The molecule has 0 aliphatic rings. The first kappa shape index (κ1) is 29.5. The summed E-state index contributed by atoms with van der Waals surface area (Å²) < 4.78 is 24.9. The third kappa shape index (κ3) is 8.04. The molecule has 41 heavy (non-hydrogen) atoms. The number of hydrogen-bond acceptors (Lipinski definition) is 7. The van der Waals surface area contributed by atoms with Crippen molar-refractivity contribution in [2.75, 3.05) is 25.3 Å². The largest absolute Gasteiger partial charge is 0.497 e. The number of aromatic nitrogens is 2. The molecule has 1 N–H and O–H groups in total. The fourth-order valence-electron chi connectivity index (χ4n) is 4.25. The van der Waals surface area contributed by atoms with Gasteiger partial charge in [-0.05, 0) is 79.6 Å². The zero-order valence-corrected chi connectivity index (χ0v) is 24.1. The van der Waals surface area contributed by atoms with Gasteiger partial charge in [0.05, 0.1) is 20.0 Å². The lowest BCUT2D eigenvalue weighted by molar-refractivity contribution is -0.137. The molecule has 0 fully saturated rings. The highest BCUT2D eigenvalue weighted by molar-refractivity contribution is 7.99. The van der Waals surface area contributed by atoms with Gasteiger partial charge in [0.1, 0.15) is 23.4 Å². The lowest BCUT2D eigenvalue weighted by Crippen LogP contribution is -2.42. The Kier molecular flexibility index (Phi) is 9.91. The van der Waals surface area contributed by atoms with Gasteiger partial charge in [0.15, 0.2) is 5.16 Å². The Hall–Kier alpha value is -4.44. The molecule has 0 saturated carbocycles. The molecular formula is C31H31FN4O4S. The Morgan fingerprint density at radius 1 is 0.902 bits per heavy atom. The summed E-state index contributed by atoms with van der Waals surface area (Å²) >= 11 is 1.18. The van der Waals surface area contributed by atoms with E-state index < -0.39 is 17.8 Å². The molecule has 0 spiro atoms. The molecule has 212 valence electrons. The average Bonchev–Trinajstić information content (AvgIpc) is 2.96. The molecule has 8 nitrogen and oxygen atoms in total. The van der Waals surface area contributed by atoms with Crippen LogP contribution in [0.25, 0.3) is 0 Å². The minimum atomic E-state index is -1.14. The van der Waals surface area contributed by atoms with Gasteiger partial charge in [0.25, 0.3) is 5.91 Å². The van der Waals surface area contributed by atoms with Gasteiger partial charge in [-0.25, -0.2) is 14.4 Å². The first-order valence-corrected chi connectivity index (χ1v) is 13.8. The summed E-state index contributed by atoms with van der Waals surface area (Å²) in [6.07, 6.45) is 0. The van der Waals surface area contributed by atoms with Crippen molar-refractivity contribution in [1.29, 1.82) is 0 Å². The van der Waals surface area contributed by atoms with E-state index in [0.29, 0.717) is 27.9 Å². The number of anilines is 1. The first-order valence-electron chi connectivity index (χ1n) is 12.8. The molecule has 0 bridgehead atoms. The van der Waals surface area contributed by atoms with Crippen molar-refractivity contribution in [3.05, 3.63) is 107 Å². The number of thioether (sulfide) groups is 1. The maximum atomic E-state index is 14.4. The Morgan fingerprint density at radius 2 is 1.51 bits per heavy atom. The second-order valence-corrected chi connectivity index (χ2v) is 10.2. The Balaban J connectivity index is 1.70. The van der Waals surface area contributed by atoms with Crippen molar-refractivity contribution < 1.29 is 23.5 Å². The minimum absolute atomic E-state index is 0.0271. The van der Waals surface area contributed by atoms with E-state index in [4.69, 9.17) is 9.47 Å². The Bertz CT molecular complexity index is 1480. The number of ether oxygens (including phenoxy) is 2. The molecule has 1 aromatic heterocycles. The van der Waals surface area contributed by atoms with Crippen LogP contribution in [-0.2, 0) is 16.1 Å². The number of nitrogens with one attached hydrogen (secondary N) is 1. The van der Waals surface area contributed by atoms with Crippen LogP contribution in [0.2, 0.25) is 0 Å². The summed E-state index contributed by atoms with van der Waals surface area (Å²) in [5.74, 6) is -0.0805. The van der Waals surface area contributed by atoms with Gasteiger partial charge in [-0.1, -0.05) is 36.0 Å². The maximum absolute atomic E-state index is 14.4. The summed E-state index contributed by atoms with van der Waals surface area (Å²) in [7, 11) is 3.12. The molecule has 0 saturated heterocycles. The molecule has 1 unspecified atom stereocenters. The van der Waals surface area contributed by atoms with Crippen LogP contribution in [0.15, 0.2) is 84.0 Å². The predicted octanol–water partition coefficient (Wildman–Crippen LogP) is 5.75. The third-order valence-electron chi connectivity index (χ3n) is 6.20. The number of methoxy groups -OCH3 is 2. The van der Waals surface area contributed by atoms with E-state index in [2.05, 4.69) is 15.3 Å². The van der Waals surface area contributed by atoms with Gasteiger partial charge in [-0.15, -0.1) is 0 Å². The molecule has 0 aliphatic heterocycles. The Labute approximate surface area is 242 Å². The number of carbonyl (C=O) groups is 2. The second kappa shape index (κ2) is 13.8. The molecule has 0 radical (unpaired) electrons. The zero-order chi connectivity index (χ0) is 29.4. The summed E-state index contributed by atoms with van der Waals surface area (Å²) in [6.45, 7) is 3.81. The molecule has 2 amide bonds. The van der Waals surface area contributed by atoms with Crippen LogP contribution in [-0.4, -0.2) is 46.7 Å². The van der Waals surface area contributed by atoms with Crippen LogP contribution in [0.3, 0.4) is 0 Å². The summed E-state index contributed by atoms with van der Waals surface area (Å²) in [4.78, 5) is 38.0. The topological polar surface area (TPSA) is 93.7 Å². The lowest BCUT2D eigenvalue weighted by Gasteiger charge is -2.31. The van der Waals surface area contributed by atoms with Crippen molar-refractivity contribution in [1.82, 2.24) is 14.9 Å². The van der Waals surface area contributed by atoms with Gasteiger partial charge in [-0.2, -0.15) is 0 Å². The van der Waals surface area contributed by atoms with Crippen LogP contribution in [0.1, 0.15) is 28.6 Å². The van der Waals surface area contributed by atoms with Gasteiger partial charge in [-0.3, -0.25) is 9.59 Å². The van der Waals surface area contributed by atoms with Crippen LogP contribution in [0.4, 0.5) is 10.1 Å². The van der Waals surface area contributed by atoms with Crippen molar-refractivity contribution in [2.45, 2.75) is 31.6 Å². The Morgan fingerprint density at radius 3 is 2.10 bits per heavy atom. The summed E-state index contributed by atoms with van der Waals surface area (Å²) in [5.41, 5.74) is 3.20. The molecule has 0 aliphatic carbocycles. The average molecular weight is 575 g/mol. The van der Waals surface area contributed by atoms with Gasteiger partial charge < -0.3 is 19.7 Å². The van der Waals surface area contributed by atoms with E-state index in [1.54, 1.807) is 56.7 Å². The maximum Gasteiger partial charge on any atom is 0.251 e. The van der Waals surface area contributed by atoms with Gasteiger partial charge in [0.2, 0.25) is 5.91 Å². The summed E-state index contributed by atoms with van der Waals surface area (Å²) in [5, 5.41) is 3.34. The molecular weight excluding hydrogens is 543 g/mol.